The molecule has 6 nitrogen and oxygen atoms in total. The lowest BCUT2D eigenvalue weighted by atomic mass is 10.2. The van der Waals surface area contributed by atoms with Crippen LogP contribution in [0, 0.1) is 17.5 Å². The first-order valence-corrected chi connectivity index (χ1v) is 9.36. The second-order valence-corrected chi connectivity index (χ2v) is 7.51. The molecule has 2 aromatic carbocycles. The first-order valence-electron chi connectivity index (χ1n) is 7.46. The van der Waals surface area contributed by atoms with Gasteiger partial charge >= 0.3 is 5.97 Å². The van der Waals surface area contributed by atoms with Gasteiger partial charge in [-0.15, -0.1) is 0 Å². The number of hydrogen-bond acceptors (Lipinski definition) is 5. The average molecular weight is 401 g/mol. The van der Waals surface area contributed by atoms with Crippen LogP contribution in [0.1, 0.15) is 17.3 Å². The molecule has 27 heavy (non-hydrogen) atoms. The number of sulfone groups is 1. The van der Waals surface area contributed by atoms with Crippen molar-refractivity contribution < 1.29 is 35.9 Å². The number of carbonyl (C=O) groups is 2. The zero-order valence-corrected chi connectivity index (χ0v) is 14.9. The second-order valence-electron chi connectivity index (χ2n) is 5.53. The van der Waals surface area contributed by atoms with Crippen LogP contribution in [0.4, 0.5) is 18.9 Å². The molecule has 0 unspecified atom stereocenters. The highest BCUT2D eigenvalue weighted by atomic mass is 32.2. The maximum absolute atomic E-state index is 13.6. The summed E-state index contributed by atoms with van der Waals surface area (Å²) >= 11 is 0. The second kappa shape index (κ2) is 7.78. The van der Waals surface area contributed by atoms with E-state index >= 15 is 0 Å². The molecule has 10 heteroatoms. The maximum Gasteiger partial charge on any atom is 0.340 e. The fraction of sp³-hybridized carbons (Fsp3) is 0.176. The molecule has 0 fully saturated rings. The van der Waals surface area contributed by atoms with E-state index in [1.54, 1.807) is 0 Å². The normalized spacial score (nSPS) is 12.3. The largest absolute Gasteiger partial charge is 0.449 e. The van der Waals surface area contributed by atoms with Crippen molar-refractivity contribution in [3.8, 4) is 0 Å². The molecule has 1 atom stereocenters. The first-order chi connectivity index (χ1) is 12.5. The summed E-state index contributed by atoms with van der Waals surface area (Å²) in [5.74, 6) is -6.92. The Morgan fingerprint density at radius 3 is 2.30 bits per heavy atom. The Kier molecular flexibility index (Phi) is 5.89. The number of carbonyl (C=O) groups excluding carboxylic acids is 2. The van der Waals surface area contributed by atoms with Crippen molar-refractivity contribution in [3.05, 3.63) is 59.4 Å². The molecule has 0 spiro atoms. The van der Waals surface area contributed by atoms with Crippen LogP contribution in [-0.2, 0) is 19.4 Å². The highest BCUT2D eigenvalue weighted by Crippen LogP contribution is 2.21. The molecule has 0 saturated carbocycles. The molecule has 0 aromatic heterocycles. The first kappa shape index (κ1) is 20.4. The molecule has 0 saturated heterocycles. The number of nitrogens with one attached hydrogen (secondary N) is 1. The van der Waals surface area contributed by atoms with Crippen molar-refractivity contribution in [3.63, 3.8) is 0 Å². The van der Waals surface area contributed by atoms with Crippen molar-refractivity contribution in [2.45, 2.75) is 17.9 Å². The van der Waals surface area contributed by atoms with Crippen molar-refractivity contribution >= 4 is 27.4 Å². The minimum absolute atomic E-state index is 0.279. The summed E-state index contributed by atoms with van der Waals surface area (Å²) in [6.07, 6.45) is -0.571. The van der Waals surface area contributed by atoms with E-state index in [1.165, 1.54) is 24.3 Å². The lowest BCUT2D eigenvalue weighted by Crippen LogP contribution is -2.30. The molecule has 0 aliphatic heterocycles. The number of ether oxygens (including phenoxy) is 1. The van der Waals surface area contributed by atoms with Gasteiger partial charge in [0.05, 0.1) is 16.1 Å². The molecule has 1 N–H and O–H groups in total. The number of rotatable bonds is 5. The fourth-order valence-electron chi connectivity index (χ4n) is 2.09. The topological polar surface area (TPSA) is 89.5 Å². The van der Waals surface area contributed by atoms with Gasteiger partial charge in [0.15, 0.2) is 33.4 Å². The van der Waals surface area contributed by atoms with Gasteiger partial charge < -0.3 is 10.1 Å². The van der Waals surface area contributed by atoms with E-state index in [0.29, 0.717) is 6.07 Å². The van der Waals surface area contributed by atoms with E-state index in [2.05, 4.69) is 0 Å². The molecule has 2 aromatic rings. The summed E-state index contributed by atoms with van der Waals surface area (Å²) < 4.78 is 68.0. The number of anilines is 1. The van der Waals surface area contributed by atoms with Crippen LogP contribution in [0.3, 0.4) is 0 Å². The number of hydrogen-bond donors (Lipinski definition) is 1. The summed E-state index contributed by atoms with van der Waals surface area (Å²) in [5, 5.41) is 1.96. The molecular formula is C17H14F3NO5S. The average Bonchev–Trinajstić information content (AvgIpc) is 2.61. The van der Waals surface area contributed by atoms with Crippen molar-refractivity contribution in [1.29, 1.82) is 0 Å². The van der Waals surface area contributed by atoms with E-state index < -0.39 is 51.0 Å². The summed E-state index contributed by atoms with van der Waals surface area (Å²) in [7, 11) is -3.73. The minimum Gasteiger partial charge on any atom is -0.449 e. The summed E-state index contributed by atoms with van der Waals surface area (Å²) in [6, 6.07) is 6.65. The van der Waals surface area contributed by atoms with Gasteiger partial charge in [0.2, 0.25) is 0 Å². The van der Waals surface area contributed by atoms with Crippen molar-refractivity contribution in [1.82, 2.24) is 0 Å². The Hall–Kier alpha value is -2.88. The fourth-order valence-corrected chi connectivity index (χ4v) is 2.97. The number of amides is 1. The van der Waals surface area contributed by atoms with E-state index in [4.69, 9.17) is 4.74 Å². The Morgan fingerprint density at radius 1 is 1.04 bits per heavy atom. The highest BCUT2D eigenvalue weighted by Gasteiger charge is 2.25. The Morgan fingerprint density at radius 2 is 1.67 bits per heavy atom. The Labute approximate surface area is 152 Å². The standard InChI is InChI=1S/C17H14F3NO5S/c1-9(16(22)21-12-8-7-11(18)14(19)15(12)20)26-17(23)10-5-3-4-6-13(10)27(2,24)25/h3-9H,1-2H3,(H,21,22)/t9-/m0/s1. The van der Waals surface area contributed by atoms with E-state index in [9.17, 15) is 31.2 Å². The summed E-state index contributed by atoms with van der Waals surface area (Å²) in [4.78, 5) is 23.9. The quantitative estimate of drug-likeness (QED) is 0.615. The van der Waals surface area contributed by atoms with E-state index in [0.717, 1.165) is 19.2 Å². The van der Waals surface area contributed by atoms with Crippen LogP contribution >= 0.6 is 0 Å². The monoisotopic (exact) mass is 401 g/mol. The molecule has 0 aliphatic rings. The predicted octanol–water partition coefficient (Wildman–Crippen LogP) is 2.69. The van der Waals surface area contributed by atoms with Crippen LogP contribution < -0.4 is 5.32 Å². The lowest BCUT2D eigenvalue weighted by molar-refractivity contribution is -0.123. The van der Waals surface area contributed by atoms with Gasteiger partial charge in [-0.05, 0) is 31.2 Å². The SMILES string of the molecule is C[C@H](OC(=O)c1ccccc1S(C)(=O)=O)C(=O)Nc1ccc(F)c(F)c1F. The number of benzene rings is 2. The number of esters is 1. The van der Waals surface area contributed by atoms with E-state index in [-0.39, 0.29) is 10.5 Å². The highest BCUT2D eigenvalue weighted by molar-refractivity contribution is 7.90. The smallest absolute Gasteiger partial charge is 0.340 e. The van der Waals surface area contributed by atoms with Gasteiger partial charge in [-0.1, -0.05) is 12.1 Å². The van der Waals surface area contributed by atoms with Gasteiger partial charge in [0, 0.05) is 6.26 Å². The molecule has 1 amide bonds. The third kappa shape index (κ3) is 4.64. The van der Waals surface area contributed by atoms with Gasteiger partial charge in [-0.2, -0.15) is 0 Å². The van der Waals surface area contributed by atoms with Crippen LogP contribution in [0.25, 0.3) is 0 Å². The Bertz CT molecular complexity index is 1010. The van der Waals surface area contributed by atoms with Gasteiger partial charge in [0.1, 0.15) is 0 Å². The van der Waals surface area contributed by atoms with Gasteiger partial charge in [-0.3, -0.25) is 4.79 Å². The summed E-state index contributed by atoms with van der Waals surface area (Å²) in [6.45, 7) is 1.15. The van der Waals surface area contributed by atoms with E-state index in [1.807, 2.05) is 5.32 Å². The molecule has 0 bridgehead atoms. The van der Waals surface area contributed by atoms with Crippen molar-refractivity contribution in [2.75, 3.05) is 11.6 Å². The summed E-state index contributed by atoms with van der Waals surface area (Å²) in [5.41, 5.74) is -0.919. The molecular weight excluding hydrogens is 387 g/mol. The van der Waals surface area contributed by atoms with Crippen LogP contribution in [-0.4, -0.2) is 32.7 Å². The zero-order chi connectivity index (χ0) is 20.4. The van der Waals surface area contributed by atoms with Crippen LogP contribution in [0.15, 0.2) is 41.3 Å². The van der Waals surface area contributed by atoms with Crippen LogP contribution in [0.5, 0.6) is 0 Å². The molecule has 0 aliphatic carbocycles. The molecule has 2 rings (SSSR count). The predicted molar refractivity (Wildman–Crippen MR) is 89.4 cm³/mol. The van der Waals surface area contributed by atoms with Gasteiger partial charge in [-0.25, -0.2) is 26.4 Å². The maximum atomic E-state index is 13.6. The zero-order valence-electron chi connectivity index (χ0n) is 14.1. The lowest BCUT2D eigenvalue weighted by Gasteiger charge is -2.15. The third-order valence-electron chi connectivity index (χ3n) is 3.45. The Balaban J connectivity index is 2.16. The minimum atomic E-state index is -3.73. The van der Waals surface area contributed by atoms with Gasteiger partial charge in [0.25, 0.3) is 5.91 Å². The molecule has 0 heterocycles. The molecule has 144 valence electrons. The number of halogens is 3. The van der Waals surface area contributed by atoms with Crippen molar-refractivity contribution in [2.24, 2.45) is 0 Å². The molecule has 0 radical (unpaired) electrons. The van der Waals surface area contributed by atoms with Crippen LogP contribution in [0.2, 0.25) is 0 Å². The third-order valence-corrected chi connectivity index (χ3v) is 4.61.